The molecule has 0 bridgehead atoms. The van der Waals surface area contributed by atoms with Crippen LogP contribution in [0.1, 0.15) is 12.5 Å². The number of pyridine rings is 1. The van der Waals surface area contributed by atoms with E-state index in [-0.39, 0.29) is 24.0 Å². The fraction of sp³-hybridized carbons (Fsp3) is 0.429. The second-order valence-corrected chi connectivity index (χ2v) is 6.47. The van der Waals surface area contributed by atoms with E-state index in [1.165, 1.54) is 5.69 Å². The van der Waals surface area contributed by atoms with Crippen molar-refractivity contribution in [1.29, 1.82) is 0 Å². The third kappa shape index (κ3) is 6.12. The molecule has 2 heterocycles. The summed E-state index contributed by atoms with van der Waals surface area (Å²) in [6.45, 7) is 6.93. The van der Waals surface area contributed by atoms with E-state index < -0.39 is 0 Å². The molecule has 29 heavy (non-hydrogen) atoms. The first-order valence-corrected chi connectivity index (χ1v) is 9.66. The number of nitrogens with zero attached hydrogens (tertiary/aromatic N) is 4. The lowest BCUT2D eigenvalue weighted by molar-refractivity contribution is 0.322. The molecule has 1 saturated heterocycles. The van der Waals surface area contributed by atoms with Crippen LogP contribution in [-0.4, -0.2) is 62.8 Å². The standard InChI is InChI=1S/C21H29N5O2.HI/c1-4-28-20-17(6-5-11-23-20)16-24-21(22-2)26-14-12-25(13-15-26)18-7-9-19(27-3)10-8-18;/h5-11H,4,12-16H2,1-3H3,(H,22,24);1H. The van der Waals surface area contributed by atoms with E-state index in [1.807, 2.05) is 38.2 Å². The third-order valence-electron chi connectivity index (χ3n) is 4.80. The van der Waals surface area contributed by atoms with Gasteiger partial charge in [0.1, 0.15) is 5.75 Å². The van der Waals surface area contributed by atoms with E-state index in [0.717, 1.165) is 43.5 Å². The molecule has 0 unspecified atom stereocenters. The third-order valence-corrected chi connectivity index (χ3v) is 4.80. The molecular weight excluding hydrogens is 481 g/mol. The molecule has 0 spiro atoms. The number of benzene rings is 1. The zero-order chi connectivity index (χ0) is 19.8. The predicted molar refractivity (Wildman–Crippen MR) is 128 cm³/mol. The molecule has 3 rings (SSSR count). The van der Waals surface area contributed by atoms with Crippen LogP contribution in [0, 0.1) is 0 Å². The fourth-order valence-corrected chi connectivity index (χ4v) is 3.30. The van der Waals surface area contributed by atoms with Gasteiger partial charge in [0.15, 0.2) is 5.96 Å². The lowest BCUT2D eigenvalue weighted by atomic mass is 10.2. The van der Waals surface area contributed by atoms with Crippen molar-refractivity contribution >= 4 is 35.6 Å². The van der Waals surface area contributed by atoms with Gasteiger partial charge in [0.25, 0.3) is 0 Å². The number of piperazine rings is 1. The van der Waals surface area contributed by atoms with Crippen molar-refractivity contribution in [2.45, 2.75) is 13.5 Å². The molecular formula is C21H30IN5O2. The van der Waals surface area contributed by atoms with Crippen LogP contribution in [0.5, 0.6) is 11.6 Å². The van der Waals surface area contributed by atoms with Crippen LogP contribution in [0.4, 0.5) is 5.69 Å². The van der Waals surface area contributed by atoms with Gasteiger partial charge in [-0.3, -0.25) is 4.99 Å². The molecule has 1 aliphatic heterocycles. The van der Waals surface area contributed by atoms with Crippen molar-refractivity contribution < 1.29 is 9.47 Å². The summed E-state index contributed by atoms with van der Waals surface area (Å²) in [5, 5.41) is 3.44. The van der Waals surface area contributed by atoms with Gasteiger partial charge in [-0.25, -0.2) is 4.98 Å². The second-order valence-electron chi connectivity index (χ2n) is 6.47. The minimum absolute atomic E-state index is 0. The summed E-state index contributed by atoms with van der Waals surface area (Å²) >= 11 is 0. The Kier molecular flexibility index (Phi) is 9.30. The highest BCUT2D eigenvalue weighted by Gasteiger charge is 2.20. The number of nitrogens with one attached hydrogen (secondary N) is 1. The van der Waals surface area contributed by atoms with Gasteiger partial charge in [-0.2, -0.15) is 0 Å². The largest absolute Gasteiger partial charge is 0.497 e. The molecule has 0 amide bonds. The number of anilines is 1. The quantitative estimate of drug-likeness (QED) is 0.366. The summed E-state index contributed by atoms with van der Waals surface area (Å²) in [5.41, 5.74) is 2.25. The van der Waals surface area contributed by atoms with Crippen LogP contribution >= 0.6 is 24.0 Å². The van der Waals surface area contributed by atoms with Gasteiger partial charge in [0, 0.05) is 57.2 Å². The maximum atomic E-state index is 5.61. The zero-order valence-electron chi connectivity index (χ0n) is 17.3. The van der Waals surface area contributed by atoms with Crippen molar-refractivity contribution in [2.75, 3.05) is 51.8 Å². The number of hydrogen-bond donors (Lipinski definition) is 1. The Balaban J connectivity index is 0.00000300. The highest BCUT2D eigenvalue weighted by molar-refractivity contribution is 14.0. The Morgan fingerprint density at radius 2 is 1.86 bits per heavy atom. The normalized spacial score (nSPS) is 14.2. The van der Waals surface area contributed by atoms with Crippen molar-refractivity contribution in [3.05, 3.63) is 48.2 Å². The molecule has 1 N–H and O–H groups in total. The van der Waals surface area contributed by atoms with Crippen molar-refractivity contribution in [3.8, 4) is 11.6 Å². The lowest BCUT2D eigenvalue weighted by Gasteiger charge is -2.37. The minimum atomic E-state index is 0. The first-order chi connectivity index (χ1) is 13.7. The first-order valence-electron chi connectivity index (χ1n) is 9.66. The minimum Gasteiger partial charge on any atom is -0.497 e. The Labute approximate surface area is 190 Å². The molecule has 1 fully saturated rings. The predicted octanol–water partition coefficient (Wildman–Crippen LogP) is 3.00. The lowest BCUT2D eigenvalue weighted by Crippen LogP contribution is -2.52. The summed E-state index contributed by atoms with van der Waals surface area (Å²) in [6.07, 6.45) is 1.75. The molecule has 1 aromatic heterocycles. The van der Waals surface area contributed by atoms with Crippen LogP contribution in [0.25, 0.3) is 0 Å². The summed E-state index contributed by atoms with van der Waals surface area (Å²) in [4.78, 5) is 13.4. The van der Waals surface area contributed by atoms with Crippen LogP contribution in [0.15, 0.2) is 47.6 Å². The molecule has 0 radical (unpaired) electrons. The summed E-state index contributed by atoms with van der Waals surface area (Å²) in [5.74, 6) is 2.46. The molecule has 0 atom stereocenters. The van der Waals surface area contributed by atoms with E-state index in [1.54, 1.807) is 13.3 Å². The summed E-state index contributed by atoms with van der Waals surface area (Å²) < 4.78 is 10.9. The second kappa shape index (κ2) is 11.7. The van der Waals surface area contributed by atoms with E-state index in [2.05, 4.69) is 37.2 Å². The van der Waals surface area contributed by atoms with E-state index in [4.69, 9.17) is 9.47 Å². The number of ether oxygens (including phenoxy) is 2. The Bertz CT molecular complexity index is 777. The summed E-state index contributed by atoms with van der Waals surface area (Å²) in [6, 6.07) is 12.2. The number of rotatable bonds is 6. The number of methoxy groups -OCH3 is 1. The Morgan fingerprint density at radius 1 is 1.14 bits per heavy atom. The topological polar surface area (TPSA) is 62.2 Å². The maximum Gasteiger partial charge on any atom is 0.218 e. The van der Waals surface area contributed by atoms with E-state index in [0.29, 0.717) is 19.0 Å². The molecule has 7 nitrogen and oxygen atoms in total. The number of guanidine groups is 1. The van der Waals surface area contributed by atoms with Crippen LogP contribution in [-0.2, 0) is 6.54 Å². The van der Waals surface area contributed by atoms with Gasteiger partial charge >= 0.3 is 0 Å². The highest BCUT2D eigenvalue weighted by Crippen LogP contribution is 2.20. The molecule has 158 valence electrons. The molecule has 0 aliphatic carbocycles. The van der Waals surface area contributed by atoms with Gasteiger partial charge in [-0.1, -0.05) is 6.07 Å². The average molecular weight is 511 g/mol. The van der Waals surface area contributed by atoms with Gasteiger partial charge in [-0.05, 0) is 37.3 Å². The van der Waals surface area contributed by atoms with E-state index >= 15 is 0 Å². The van der Waals surface area contributed by atoms with Crippen molar-refractivity contribution in [3.63, 3.8) is 0 Å². The zero-order valence-corrected chi connectivity index (χ0v) is 19.6. The van der Waals surface area contributed by atoms with Gasteiger partial charge < -0.3 is 24.6 Å². The van der Waals surface area contributed by atoms with Gasteiger partial charge in [0.2, 0.25) is 5.88 Å². The molecule has 1 aromatic carbocycles. The van der Waals surface area contributed by atoms with E-state index in [9.17, 15) is 0 Å². The Morgan fingerprint density at radius 3 is 2.48 bits per heavy atom. The molecule has 0 saturated carbocycles. The van der Waals surface area contributed by atoms with Crippen LogP contribution in [0.2, 0.25) is 0 Å². The van der Waals surface area contributed by atoms with Gasteiger partial charge in [0.05, 0.1) is 13.7 Å². The van der Waals surface area contributed by atoms with Crippen LogP contribution in [0.3, 0.4) is 0 Å². The van der Waals surface area contributed by atoms with Crippen LogP contribution < -0.4 is 19.7 Å². The fourth-order valence-electron chi connectivity index (χ4n) is 3.30. The SMILES string of the molecule is CCOc1ncccc1CNC(=NC)N1CCN(c2ccc(OC)cc2)CC1.I. The summed E-state index contributed by atoms with van der Waals surface area (Å²) in [7, 11) is 3.51. The molecule has 1 aliphatic rings. The maximum absolute atomic E-state index is 5.61. The monoisotopic (exact) mass is 511 g/mol. The number of halogens is 1. The highest BCUT2D eigenvalue weighted by atomic mass is 127. The van der Waals surface area contributed by atoms with Crippen molar-refractivity contribution in [1.82, 2.24) is 15.2 Å². The number of aromatic nitrogens is 1. The number of hydrogen-bond acceptors (Lipinski definition) is 5. The Hall–Kier alpha value is -2.23. The average Bonchev–Trinajstić information content (AvgIpc) is 2.76. The molecule has 8 heteroatoms. The molecule has 2 aromatic rings. The first kappa shape index (κ1) is 23.1. The number of aliphatic imine (C=N–C) groups is 1. The smallest absolute Gasteiger partial charge is 0.218 e. The van der Waals surface area contributed by atoms with Gasteiger partial charge in [-0.15, -0.1) is 24.0 Å². The van der Waals surface area contributed by atoms with Crippen molar-refractivity contribution in [2.24, 2.45) is 4.99 Å².